The molecular formula is C35H42FN7O3. The number of aryl methyl sites for hydroxylation is 2. The summed E-state index contributed by atoms with van der Waals surface area (Å²) < 4.78 is 30.0. The van der Waals surface area contributed by atoms with Gasteiger partial charge in [-0.2, -0.15) is 5.26 Å². The molecule has 242 valence electrons. The number of amides is 1. The summed E-state index contributed by atoms with van der Waals surface area (Å²) in [4.78, 5) is 21.5. The van der Waals surface area contributed by atoms with Crippen LogP contribution in [0.4, 0.5) is 4.39 Å². The van der Waals surface area contributed by atoms with Crippen molar-refractivity contribution in [1.29, 1.82) is 5.26 Å². The molecule has 0 saturated carbocycles. The number of hydrogen-bond donors (Lipinski definition) is 0. The molecule has 2 aromatic carbocycles. The van der Waals surface area contributed by atoms with Gasteiger partial charge >= 0.3 is 0 Å². The van der Waals surface area contributed by atoms with E-state index in [1.807, 2.05) is 75.6 Å². The zero-order valence-electron chi connectivity index (χ0n) is 27.7. The van der Waals surface area contributed by atoms with Gasteiger partial charge in [-0.15, -0.1) is 5.10 Å². The molecule has 4 aromatic rings. The lowest BCUT2D eigenvalue weighted by atomic mass is 9.92. The molecule has 1 amide bonds. The summed E-state index contributed by atoms with van der Waals surface area (Å²) in [6, 6.07) is 9.60. The molecule has 3 heterocycles. The number of likely N-dealkylation sites (N-methyl/N-ethyl adjacent to an activating group) is 1. The number of piperidine rings is 1. The molecule has 0 aliphatic carbocycles. The van der Waals surface area contributed by atoms with Crippen molar-refractivity contribution in [3.63, 3.8) is 0 Å². The molecule has 11 heteroatoms. The van der Waals surface area contributed by atoms with Crippen LogP contribution >= 0.6 is 0 Å². The van der Waals surface area contributed by atoms with Gasteiger partial charge in [0.1, 0.15) is 17.1 Å². The minimum Gasteiger partial charge on any atom is -0.472 e. The molecule has 46 heavy (non-hydrogen) atoms. The summed E-state index contributed by atoms with van der Waals surface area (Å²) in [7, 11) is 5.48. The van der Waals surface area contributed by atoms with E-state index < -0.39 is 5.82 Å². The predicted molar refractivity (Wildman–Crippen MR) is 176 cm³/mol. The van der Waals surface area contributed by atoms with Crippen LogP contribution in [0.3, 0.4) is 0 Å². The number of fused-ring (bicyclic) bond motifs is 3. The number of hydrogen-bond acceptors (Lipinski definition) is 8. The smallest absolute Gasteiger partial charge is 0.246 e. The van der Waals surface area contributed by atoms with Gasteiger partial charge in [-0.3, -0.25) is 4.79 Å². The lowest BCUT2D eigenvalue weighted by molar-refractivity contribution is -0.130. The Kier molecular flexibility index (Phi) is 9.99. The van der Waals surface area contributed by atoms with Crippen LogP contribution in [0.1, 0.15) is 48.9 Å². The van der Waals surface area contributed by atoms with E-state index in [2.05, 4.69) is 16.4 Å². The maximum Gasteiger partial charge on any atom is 0.246 e. The Balaban J connectivity index is 1.66. The molecule has 0 N–H and O–H groups in total. The Bertz CT molecular complexity index is 1830. The molecule has 3 atom stereocenters. The number of nitriles is 1. The van der Waals surface area contributed by atoms with Crippen LogP contribution in [0.25, 0.3) is 33.1 Å². The molecule has 0 bridgehead atoms. The fourth-order valence-electron chi connectivity index (χ4n) is 6.51. The summed E-state index contributed by atoms with van der Waals surface area (Å²) >= 11 is 0. The molecule has 0 radical (unpaired) electrons. The number of carbonyl (C=O) groups is 1. The first-order valence-electron chi connectivity index (χ1n) is 15.6. The summed E-state index contributed by atoms with van der Waals surface area (Å²) in [5, 5.41) is 19.3. The Hall–Kier alpha value is -4.40. The molecule has 2 aromatic heterocycles. The van der Waals surface area contributed by atoms with Crippen LogP contribution in [-0.4, -0.2) is 88.7 Å². The lowest BCUT2D eigenvalue weighted by Crippen LogP contribution is -2.46. The monoisotopic (exact) mass is 627 g/mol. The second-order valence-electron chi connectivity index (χ2n) is 12.4. The third kappa shape index (κ3) is 6.46. The van der Waals surface area contributed by atoms with E-state index in [1.165, 1.54) is 6.08 Å². The van der Waals surface area contributed by atoms with Gasteiger partial charge in [-0.1, -0.05) is 29.5 Å². The van der Waals surface area contributed by atoms with Crippen LogP contribution in [0.2, 0.25) is 0 Å². The summed E-state index contributed by atoms with van der Waals surface area (Å²) in [5.74, 6) is -0.354. The van der Waals surface area contributed by atoms with Gasteiger partial charge in [0.25, 0.3) is 0 Å². The van der Waals surface area contributed by atoms with Crippen molar-refractivity contribution in [2.45, 2.75) is 65.1 Å². The first-order chi connectivity index (χ1) is 22.0. The third-order valence-electron chi connectivity index (χ3n) is 8.78. The van der Waals surface area contributed by atoms with Crippen molar-refractivity contribution in [2.24, 2.45) is 0 Å². The highest BCUT2D eigenvalue weighted by atomic mass is 19.1. The molecule has 1 aliphatic rings. The number of ether oxygens (including phenoxy) is 2. The van der Waals surface area contributed by atoms with Crippen molar-refractivity contribution in [3.8, 4) is 23.1 Å². The largest absolute Gasteiger partial charge is 0.472 e. The Morgan fingerprint density at radius 1 is 1.24 bits per heavy atom. The van der Waals surface area contributed by atoms with Gasteiger partial charge in [0.2, 0.25) is 11.8 Å². The number of halogens is 1. The fraction of sp³-hybridized carbons (Fsp3) is 0.457. The van der Waals surface area contributed by atoms with Crippen LogP contribution in [-0.2, 0) is 9.53 Å². The minimum absolute atomic E-state index is 0.156. The van der Waals surface area contributed by atoms with E-state index in [-0.39, 0.29) is 41.9 Å². The van der Waals surface area contributed by atoms with E-state index in [1.54, 1.807) is 18.1 Å². The lowest BCUT2D eigenvalue weighted by Gasteiger charge is -2.38. The number of benzene rings is 2. The Labute approximate surface area is 269 Å². The quantitative estimate of drug-likeness (QED) is 0.207. The van der Waals surface area contributed by atoms with Crippen molar-refractivity contribution in [1.82, 2.24) is 29.8 Å². The average molecular weight is 628 g/mol. The second kappa shape index (κ2) is 13.9. The van der Waals surface area contributed by atoms with Crippen LogP contribution in [0, 0.1) is 37.9 Å². The maximum absolute atomic E-state index is 16.8. The van der Waals surface area contributed by atoms with Gasteiger partial charge in [-0.25, -0.2) is 14.1 Å². The second-order valence-corrected chi connectivity index (χ2v) is 12.4. The number of methoxy groups -OCH3 is 1. The SMILES string of the molecule is COC/C=C/C(=O)N1CC[C@H](n2nnc3c(O[C@@H](C)CN(C)C)nc4c(F)c(-c5cccc(C)c5C)c(C)cc4c32)C[C@H]1CC#N. The van der Waals surface area contributed by atoms with E-state index in [4.69, 9.17) is 14.5 Å². The van der Waals surface area contributed by atoms with Crippen molar-refractivity contribution >= 4 is 27.8 Å². The van der Waals surface area contributed by atoms with E-state index in [0.29, 0.717) is 54.5 Å². The van der Waals surface area contributed by atoms with Gasteiger partial charge in [-0.05, 0) is 83.0 Å². The van der Waals surface area contributed by atoms with Crippen molar-refractivity contribution in [3.05, 3.63) is 58.9 Å². The van der Waals surface area contributed by atoms with E-state index in [0.717, 1.165) is 22.3 Å². The summed E-state index contributed by atoms with van der Waals surface area (Å²) in [6.07, 6.45) is 4.18. The molecule has 1 saturated heterocycles. The number of pyridine rings is 1. The highest BCUT2D eigenvalue weighted by molar-refractivity contribution is 6.06. The summed E-state index contributed by atoms with van der Waals surface area (Å²) in [5.41, 5.74) is 5.47. The first-order valence-corrected chi connectivity index (χ1v) is 15.6. The molecule has 0 spiro atoms. The topological polar surface area (TPSA) is 109 Å². The van der Waals surface area contributed by atoms with E-state index in [9.17, 15) is 10.1 Å². The van der Waals surface area contributed by atoms with Gasteiger partial charge in [0.05, 0.1) is 25.1 Å². The normalized spacial score (nSPS) is 17.7. The number of likely N-dealkylation sites (tertiary alicyclic amines) is 1. The van der Waals surface area contributed by atoms with Gasteiger partial charge < -0.3 is 19.3 Å². The molecule has 10 nitrogen and oxygen atoms in total. The van der Waals surface area contributed by atoms with Gasteiger partial charge in [0, 0.05) is 43.3 Å². The molecule has 0 unspecified atom stereocenters. The van der Waals surface area contributed by atoms with E-state index >= 15 is 4.39 Å². The molecule has 1 aliphatic heterocycles. The highest BCUT2D eigenvalue weighted by Crippen LogP contribution is 2.40. The maximum atomic E-state index is 16.8. The van der Waals surface area contributed by atoms with Crippen molar-refractivity contribution < 1.29 is 18.7 Å². The predicted octanol–water partition coefficient (Wildman–Crippen LogP) is 5.69. The van der Waals surface area contributed by atoms with Crippen molar-refractivity contribution in [2.75, 3.05) is 40.9 Å². The summed E-state index contributed by atoms with van der Waals surface area (Å²) in [6.45, 7) is 9.26. The third-order valence-corrected chi connectivity index (χ3v) is 8.78. The van der Waals surface area contributed by atoms with Gasteiger partial charge in [0.15, 0.2) is 11.3 Å². The highest BCUT2D eigenvalue weighted by Gasteiger charge is 2.34. The number of carbonyl (C=O) groups excluding carboxylic acids is 1. The number of rotatable bonds is 10. The Morgan fingerprint density at radius 3 is 2.74 bits per heavy atom. The number of nitrogens with zero attached hydrogens (tertiary/aromatic N) is 7. The molecule has 5 rings (SSSR count). The average Bonchev–Trinajstić information content (AvgIpc) is 3.46. The number of aromatic nitrogens is 4. The van der Waals surface area contributed by atoms with Crippen LogP contribution in [0.5, 0.6) is 5.88 Å². The minimum atomic E-state index is -0.422. The van der Waals surface area contributed by atoms with Crippen LogP contribution in [0.15, 0.2) is 36.4 Å². The molecular weight excluding hydrogens is 585 g/mol. The standard InChI is InChI=1S/C35H42FN7O3/c1-21-10-8-11-27(24(21)4)30-22(2)18-28-32(31(30)36)38-35(46-23(3)20-41(5)6)33-34(28)43(40-39-33)26-14-16-42(25(19-26)13-15-37)29(44)12-9-17-45-7/h8-12,18,23,25-26H,13-14,16-17,19-20H2,1-7H3/b12-9+/t23-,25+,26-/m0/s1. The molecule has 1 fully saturated rings. The Morgan fingerprint density at radius 2 is 2.02 bits per heavy atom. The zero-order chi connectivity index (χ0) is 33.1. The van der Waals surface area contributed by atoms with Crippen LogP contribution < -0.4 is 4.74 Å². The fourth-order valence-corrected chi connectivity index (χ4v) is 6.51. The first kappa shape index (κ1) is 33.0. The zero-order valence-corrected chi connectivity index (χ0v) is 27.7.